The first-order valence-electron chi connectivity index (χ1n) is 4.39. The van der Waals surface area contributed by atoms with Gasteiger partial charge in [-0.15, -0.1) is 13.2 Å². The highest BCUT2D eigenvalue weighted by molar-refractivity contribution is 5.70. The van der Waals surface area contributed by atoms with E-state index >= 15 is 0 Å². The minimum absolute atomic E-state index is 0.0273. The number of alkyl halides is 3. The second-order valence-corrected chi connectivity index (χ2v) is 3.23. The molecular weight excluding hydrogens is 243 g/mol. The lowest BCUT2D eigenvalue weighted by Crippen LogP contribution is -2.22. The summed E-state index contributed by atoms with van der Waals surface area (Å²) in [6.45, 7) is 1.31. The van der Waals surface area contributed by atoms with Crippen molar-refractivity contribution < 1.29 is 27.8 Å². The van der Waals surface area contributed by atoms with E-state index in [-0.39, 0.29) is 11.1 Å². The van der Waals surface area contributed by atoms with Gasteiger partial charge in [0.15, 0.2) is 0 Å². The third-order valence-electron chi connectivity index (χ3n) is 1.93. The van der Waals surface area contributed by atoms with Gasteiger partial charge in [0.2, 0.25) is 5.88 Å². The van der Waals surface area contributed by atoms with Gasteiger partial charge in [0.05, 0.1) is 6.42 Å². The van der Waals surface area contributed by atoms with Crippen molar-refractivity contribution in [3.63, 3.8) is 0 Å². The Labute approximate surface area is 92.8 Å². The smallest absolute Gasteiger partial charge is 0.481 e. The number of aliphatic carboxylic acids is 1. The zero-order chi connectivity index (χ0) is 13.2. The van der Waals surface area contributed by atoms with E-state index in [9.17, 15) is 22.8 Å². The van der Waals surface area contributed by atoms with Crippen LogP contribution in [0.25, 0.3) is 0 Å². The minimum Gasteiger partial charge on any atom is -0.481 e. The average molecular weight is 251 g/mol. The van der Waals surface area contributed by atoms with Gasteiger partial charge in [-0.2, -0.15) is 0 Å². The Morgan fingerprint density at radius 1 is 1.53 bits per heavy atom. The lowest BCUT2D eigenvalue weighted by Gasteiger charge is -2.10. The van der Waals surface area contributed by atoms with Crippen LogP contribution < -0.4 is 10.3 Å². The van der Waals surface area contributed by atoms with Gasteiger partial charge in [-0.3, -0.25) is 14.6 Å². The third kappa shape index (κ3) is 3.82. The Morgan fingerprint density at radius 3 is 2.59 bits per heavy atom. The van der Waals surface area contributed by atoms with E-state index in [2.05, 4.69) is 4.74 Å². The molecule has 5 nitrogen and oxygen atoms in total. The number of carboxylic acids is 1. The largest absolute Gasteiger partial charge is 0.574 e. The number of pyridine rings is 1. The molecule has 1 aromatic heterocycles. The molecule has 0 fully saturated rings. The van der Waals surface area contributed by atoms with Crippen LogP contribution in [-0.2, 0) is 11.2 Å². The van der Waals surface area contributed by atoms with E-state index in [1.807, 2.05) is 4.98 Å². The number of hydrogen-bond acceptors (Lipinski definition) is 3. The first-order chi connectivity index (χ1) is 7.69. The van der Waals surface area contributed by atoms with Gasteiger partial charge in [0.1, 0.15) is 0 Å². The number of aromatic amines is 1. The normalized spacial score (nSPS) is 11.3. The number of H-pyrrole nitrogens is 1. The van der Waals surface area contributed by atoms with E-state index in [1.54, 1.807) is 0 Å². The molecule has 1 heterocycles. The van der Waals surface area contributed by atoms with Crippen LogP contribution in [0.5, 0.6) is 5.88 Å². The van der Waals surface area contributed by atoms with E-state index in [1.165, 1.54) is 6.92 Å². The molecule has 94 valence electrons. The number of aromatic nitrogens is 1. The fraction of sp³-hybridized carbons (Fsp3) is 0.333. The summed E-state index contributed by atoms with van der Waals surface area (Å²) in [7, 11) is 0. The lowest BCUT2D eigenvalue weighted by atomic mass is 10.1. The molecule has 0 radical (unpaired) electrons. The van der Waals surface area contributed by atoms with Gasteiger partial charge >= 0.3 is 12.3 Å². The van der Waals surface area contributed by atoms with Crippen molar-refractivity contribution in [3.05, 3.63) is 27.5 Å². The van der Waals surface area contributed by atoms with Crippen molar-refractivity contribution in [2.75, 3.05) is 0 Å². The maximum atomic E-state index is 11.9. The standard InChI is InChI=1S/C9H8F3NO4/c1-4-5(3-7(14)15)2-6(13-8(4)16)17-9(10,11)12/h2H,3H2,1H3,(H,13,16)(H,14,15). The zero-order valence-corrected chi connectivity index (χ0v) is 8.59. The summed E-state index contributed by atoms with van der Waals surface area (Å²) >= 11 is 0. The number of carbonyl (C=O) groups is 1. The number of halogens is 3. The fourth-order valence-corrected chi connectivity index (χ4v) is 1.18. The van der Waals surface area contributed by atoms with Gasteiger partial charge in [-0.1, -0.05) is 0 Å². The molecule has 0 saturated heterocycles. The molecule has 8 heteroatoms. The van der Waals surface area contributed by atoms with Crippen LogP contribution >= 0.6 is 0 Å². The highest BCUT2D eigenvalue weighted by Crippen LogP contribution is 2.21. The Balaban J connectivity index is 3.14. The van der Waals surface area contributed by atoms with Gasteiger partial charge in [-0.25, -0.2) is 0 Å². The SMILES string of the molecule is Cc1c(CC(=O)O)cc(OC(F)(F)F)[nH]c1=O. The van der Waals surface area contributed by atoms with Crippen LogP contribution in [0.2, 0.25) is 0 Å². The van der Waals surface area contributed by atoms with Crippen LogP contribution in [0.3, 0.4) is 0 Å². The van der Waals surface area contributed by atoms with Gasteiger partial charge in [-0.05, 0) is 12.5 Å². The van der Waals surface area contributed by atoms with Crippen molar-refractivity contribution in [2.24, 2.45) is 0 Å². The predicted molar refractivity (Wildman–Crippen MR) is 49.8 cm³/mol. The lowest BCUT2D eigenvalue weighted by molar-refractivity contribution is -0.276. The summed E-state index contributed by atoms with van der Waals surface area (Å²) in [6.07, 6.45) is -5.50. The number of carboxylic acid groups (broad SMARTS) is 1. The Kier molecular flexibility index (Phi) is 3.45. The number of ether oxygens (including phenoxy) is 1. The molecule has 0 bridgehead atoms. The third-order valence-corrected chi connectivity index (χ3v) is 1.93. The quantitative estimate of drug-likeness (QED) is 0.846. The average Bonchev–Trinajstić information content (AvgIpc) is 2.09. The molecular formula is C9H8F3NO4. The molecule has 0 aliphatic rings. The van der Waals surface area contributed by atoms with Crippen LogP contribution in [-0.4, -0.2) is 22.4 Å². The fourth-order valence-electron chi connectivity index (χ4n) is 1.18. The molecule has 1 rings (SSSR count). The first-order valence-corrected chi connectivity index (χ1v) is 4.39. The number of rotatable bonds is 3. The van der Waals surface area contributed by atoms with Gasteiger partial charge < -0.3 is 9.84 Å². The Bertz CT molecular complexity index is 492. The molecule has 0 atom stereocenters. The van der Waals surface area contributed by atoms with E-state index in [0.717, 1.165) is 6.07 Å². The molecule has 2 N–H and O–H groups in total. The number of nitrogens with one attached hydrogen (secondary N) is 1. The van der Waals surface area contributed by atoms with E-state index in [4.69, 9.17) is 5.11 Å². The van der Waals surface area contributed by atoms with E-state index < -0.39 is 30.2 Å². The second-order valence-electron chi connectivity index (χ2n) is 3.23. The van der Waals surface area contributed by atoms with E-state index in [0.29, 0.717) is 0 Å². The maximum Gasteiger partial charge on any atom is 0.574 e. The predicted octanol–water partition coefficient (Wildman–Crippen LogP) is 1.21. The highest BCUT2D eigenvalue weighted by Gasteiger charge is 2.32. The van der Waals surface area contributed by atoms with Crippen molar-refractivity contribution in [1.82, 2.24) is 4.98 Å². The van der Waals surface area contributed by atoms with Crippen LogP contribution in [0.15, 0.2) is 10.9 Å². The summed E-state index contributed by atoms with van der Waals surface area (Å²) in [6, 6.07) is 0.846. The molecule has 0 aliphatic heterocycles. The summed E-state index contributed by atoms with van der Waals surface area (Å²) in [4.78, 5) is 23.5. The molecule has 17 heavy (non-hydrogen) atoms. The molecule has 1 aromatic rings. The van der Waals surface area contributed by atoms with Gasteiger partial charge in [0, 0.05) is 11.6 Å². The summed E-state index contributed by atoms with van der Waals surface area (Å²) in [5.41, 5.74) is -0.801. The molecule has 0 aromatic carbocycles. The van der Waals surface area contributed by atoms with Crippen molar-refractivity contribution in [3.8, 4) is 5.88 Å². The highest BCUT2D eigenvalue weighted by atomic mass is 19.4. The zero-order valence-electron chi connectivity index (χ0n) is 8.59. The van der Waals surface area contributed by atoms with Crippen molar-refractivity contribution in [2.45, 2.75) is 19.7 Å². The van der Waals surface area contributed by atoms with Crippen LogP contribution in [0.1, 0.15) is 11.1 Å². The molecule has 0 aliphatic carbocycles. The summed E-state index contributed by atoms with van der Waals surface area (Å²) in [5, 5.41) is 8.53. The maximum absolute atomic E-state index is 11.9. The van der Waals surface area contributed by atoms with Crippen molar-refractivity contribution in [1.29, 1.82) is 0 Å². The van der Waals surface area contributed by atoms with Crippen LogP contribution in [0.4, 0.5) is 13.2 Å². The Hall–Kier alpha value is -1.99. The van der Waals surface area contributed by atoms with Gasteiger partial charge in [0.25, 0.3) is 5.56 Å². The summed E-state index contributed by atoms with van der Waals surface area (Å²) in [5.74, 6) is -2.08. The second kappa shape index (κ2) is 4.48. The monoisotopic (exact) mass is 251 g/mol. The molecule has 0 spiro atoms. The van der Waals surface area contributed by atoms with Crippen molar-refractivity contribution >= 4 is 5.97 Å². The van der Waals surface area contributed by atoms with Crippen LogP contribution in [0, 0.1) is 6.92 Å². The molecule has 0 saturated carbocycles. The summed E-state index contributed by atoms with van der Waals surface area (Å²) < 4.78 is 39.2. The molecule has 0 amide bonds. The Morgan fingerprint density at radius 2 is 2.12 bits per heavy atom. The first kappa shape index (κ1) is 13.1. The molecule has 0 unspecified atom stereocenters. The number of hydrogen-bond donors (Lipinski definition) is 2. The topological polar surface area (TPSA) is 79.4 Å². The minimum atomic E-state index is -4.95.